The second kappa shape index (κ2) is 10.3. The van der Waals surface area contributed by atoms with Gasteiger partial charge in [0.1, 0.15) is 0 Å². The van der Waals surface area contributed by atoms with Crippen molar-refractivity contribution in [2.75, 3.05) is 4.90 Å². The number of anilines is 3. The number of nitrogens with zero attached hydrogens (tertiary/aromatic N) is 1. The molecule has 0 saturated carbocycles. The fraction of sp³-hybridized carbons (Fsp3) is 0.0233. The van der Waals surface area contributed by atoms with E-state index in [1.807, 2.05) is 11.3 Å². The summed E-state index contributed by atoms with van der Waals surface area (Å²) in [6, 6.07) is 64.3. The summed E-state index contributed by atoms with van der Waals surface area (Å²) in [6.45, 7) is 0. The van der Waals surface area contributed by atoms with E-state index in [2.05, 4.69) is 181 Å². The molecule has 0 aliphatic heterocycles. The van der Waals surface area contributed by atoms with Crippen LogP contribution < -0.4 is 4.90 Å². The topological polar surface area (TPSA) is 3.24 Å². The lowest BCUT2D eigenvalue weighted by atomic mass is 9.67. The Kier molecular flexibility index (Phi) is 5.97. The van der Waals surface area contributed by atoms with Crippen LogP contribution >= 0.6 is 11.3 Å². The zero-order valence-electron chi connectivity index (χ0n) is 24.6. The molecule has 212 valence electrons. The minimum atomic E-state index is -0.408. The van der Waals surface area contributed by atoms with E-state index in [0.717, 1.165) is 17.1 Å². The Morgan fingerprint density at radius 3 is 1.53 bits per heavy atom. The summed E-state index contributed by atoms with van der Waals surface area (Å²) in [5.74, 6) is 0. The largest absolute Gasteiger partial charge is 0.310 e. The van der Waals surface area contributed by atoms with Crippen molar-refractivity contribution in [2.24, 2.45) is 0 Å². The van der Waals surface area contributed by atoms with Gasteiger partial charge in [0, 0.05) is 37.2 Å². The van der Waals surface area contributed by atoms with Gasteiger partial charge >= 0.3 is 0 Å². The van der Waals surface area contributed by atoms with Crippen LogP contribution in [0.4, 0.5) is 17.1 Å². The molecule has 1 heterocycles. The summed E-state index contributed by atoms with van der Waals surface area (Å²) >= 11 is 1.89. The fourth-order valence-corrected chi connectivity index (χ4v) is 8.55. The molecule has 1 aliphatic carbocycles. The van der Waals surface area contributed by atoms with Gasteiger partial charge in [-0.1, -0.05) is 121 Å². The molecule has 0 atom stereocenters. The van der Waals surface area contributed by atoms with Crippen LogP contribution in [0.2, 0.25) is 0 Å². The van der Waals surface area contributed by atoms with Crippen LogP contribution in [0, 0.1) is 0 Å². The molecule has 0 spiro atoms. The molecule has 0 unspecified atom stereocenters. The number of thiophene rings is 1. The summed E-state index contributed by atoms with van der Waals surface area (Å²) in [7, 11) is 0. The second-order valence-electron chi connectivity index (χ2n) is 11.7. The monoisotopic (exact) mass is 591 g/mol. The van der Waals surface area contributed by atoms with Gasteiger partial charge in [-0.05, 0) is 88.0 Å². The fourth-order valence-electron chi connectivity index (χ4n) is 7.44. The first-order valence-electron chi connectivity index (χ1n) is 15.4. The Morgan fingerprint density at radius 2 is 0.911 bits per heavy atom. The van der Waals surface area contributed by atoms with E-state index >= 15 is 0 Å². The molecule has 9 rings (SSSR count). The normalized spacial score (nSPS) is 13.1. The first-order valence-corrected chi connectivity index (χ1v) is 16.3. The first-order chi connectivity index (χ1) is 22.3. The lowest BCUT2D eigenvalue weighted by Crippen LogP contribution is -2.28. The van der Waals surface area contributed by atoms with Gasteiger partial charge in [-0.15, -0.1) is 11.3 Å². The van der Waals surface area contributed by atoms with Gasteiger partial charge in [-0.2, -0.15) is 0 Å². The molecule has 8 aromatic rings. The molecule has 1 aliphatic rings. The van der Waals surface area contributed by atoms with E-state index < -0.39 is 5.41 Å². The quantitative estimate of drug-likeness (QED) is 0.192. The highest BCUT2D eigenvalue weighted by Crippen LogP contribution is 2.57. The highest BCUT2D eigenvalue weighted by Gasteiger charge is 2.46. The Balaban J connectivity index is 1.33. The molecule has 7 aromatic carbocycles. The van der Waals surface area contributed by atoms with E-state index in [-0.39, 0.29) is 0 Å². The lowest BCUT2D eigenvalue weighted by Gasteiger charge is -2.33. The maximum absolute atomic E-state index is 2.50. The van der Waals surface area contributed by atoms with Crippen LogP contribution in [0.5, 0.6) is 0 Å². The SMILES string of the molecule is c1ccc(N(c2ccccc2)c2ccc3sc4cc5c(cc4c3c2)C(c2ccccc2)(c2ccccc2)c2ccccc2-5)cc1. The molecule has 0 N–H and O–H groups in total. The van der Waals surface area contributed by atoms with Crippen LogP contribution in [0.15, 0.2) is 176 Å². The molecule has 0 saturated heterocycles. The molecule has 0 amide bonds. The predicted molar refractivity (Wildman–Crippen MR) is 191 cm³/mol. The van der Waals surface area contributed by atoms with E-state index in [4.69, 9.17) is 0 Å². The summed E-state index contributed by atoms with van der Waals surface area (Å²) in [5, 5.41) is 2.60. The van der Waals surface area contributed by atoms with E-state index in [1.54, 1.807) is 0 Å². The van der Waals surface area contributed by atoms with Crippen LogP contribution in [0.25, 0.3) is 31.3 Å². The smallest absolute Gasteiger partial charge is 0.0713 e. The Labute approximate surface area is 267 Å². The van der Waals surface area contributed by atoms with Crippen molar-refractivity contribution in [1.82, 2.24) is 0 Å². The summed E-state index contributed by atoms with van der Waals surface area (Å²) in [4.78, 5) is 2.35. The van der Waals surface area contributed by atoms with Gasteiger partial charge < -0.3 is 4.90 Å². The zero-order valence-corrected chi connectivity index (χ0v) is 25.4. The average molecular weight is 592 g/mol. The van der Waals surface area contributed by atoms with E-state index in [0.29, 0.717) is 0 Å². The number of hydrogen-bond acceptors (Lipinski definition) is 2. The minimum Gasteiger partial charge on any atom is -0.310 e. The molecule has 0 bridgehead atoms. The minimum absolute atomic E-state index is 0.408. The highest BCUT2D eigenvalue weighted by atomic mass is 32.1. The summed E-state index contributed by atoms with van der Waals surface area (Å²) in [6.07, 6.45) is 0. The first kappa shape index (κ1) is 26.0. The van der Waals surface area contributed by atoms with Crippen LogP contribution in [0.3, 0.4) is 0 Å². The van der Waals surface area contributed by atoms with Crippen molar-refractivity contribution in [2.45, 2.75) is 5.41 Å². The molecule has 1 aromatic heterocycles. The molecule has 1 nitrogen and oxygen atoms in total. The van der Waals surface area contributed by atoms with Gasteiger partial charge in [0.15, 0.2) is 0 Å². The van der Waals surface area contributed by atoms with Crippen molar-refractivity contribution in [3.8, 4) is 11.1 Å². The van der Waals surface area contributed by atoms with Gasteiger partial charge in [-0.3, -0.25) is 0 Å². The number of para-hydroxylation sites is 2. The zero-order chi connectivity index (χ0) is 29.8. The average Bonchev–Trinajstić information content (AvgIpc) is 3.62. The van der Waals surface area contributed by atoms with Crippen molar-refractivity contribution in [3.05, 3.63) is 198 Å². The molecular weight excluding hydrogens is 563 g/mol. The maximum Gasteiger partial charge on any atom is 0.0713 e. The Morgan fingerprint density at radius 1 is 0.378 bits per heavy atom. The van der Waals surface area contributed by atoms with Gasteiger partial charge in [-0.25, -0.2) is 0 Å². The molecule has 0 radical (unpaired) electrons. The Bertz CT molecular complexity index is 2230. The number of fused-ring (bicyclic) bond motifs is 6. The third-order valence-electron chi connectivity index (χ3n) is 9.32. The lowest BCUT2D eigenvalue weighted by molar-refractivity contribution is 0.769. The number of benzene rings is 7. The highest BCUT2D eigenvalue weighted by molar-refractivity contribution is 7.25. The second-order valence-corrected chi connectivity index (χ2v) is 12.8. The summed E-state index contributed by atoms with van der Waals surface area (Å²) < 4.78 is 2.62. The van der Waals surface area contributed by atoms with Crippen LogP contribution in [-0.2, 0) is 5.41 Å². The third-order valence-corrected chi connectivity index (χ3v) is 10.5. The molecule has 45 heavy (non-hydrogen) atoms. The summed E-state index contributed by atoms with van der Waals surface area (Å²) in [5.41, 5.74) is 11.0. The Hall–Kier alpha value is -5.44. The standard InChI is InChI=1S/C43H29NS/c1-5-15-30(16-6-1)43(31-17-7-2-8-18-31)39-24-14-13-23-35(39)36-29-42-38(28-40(36)43)37-27-34(25-26-41(37)45-42)44(32-19-9-3-10-20-32)33-21-11-4-12-22-33/h1-29H. The molecule has 0 fully saturated rings. The van der Waals surface area contributed by atoms with Crippen molar-refractivity contribution < 1.29 is 0 Å². The van der Waals surface area contributed by atoms with E-state index in [9.17, 15) is 0 Å². The van der Waals surface area contributed by atoms with Crippen molar-refractivity contribution in [3.63, 3.8) is 0 Å². The van der Waals surface area contributed by atoms with E-state index in [1.165, 1.54) is 53.6 Å². The number of rotatable bonds is 5. The van der Waals surface area contributed by atoms with Crippen molar-refractivity contribution >= 4 is 48.6 Å². The van der Waals surface area contributed by atoms with Gasteiger partial charge in [0.25, 0.3) is 0 Å². The van der Waals surface area contributed by atoms with Gasteiger partial charge in [0.05, 0.1) is 5.41 Å². The third kappa shape index (κ3) is 3.93. The molecular formula is C43H29NS. The molecule has 2 heteroatoms. The predicted octanol–water partition coefficient (Wildman–Crippen LogP) is 11.9. The maximum atomic E-state index is 2.50. The van der Waals surface area contributed by atoms with Crippen LogP contribution in [0.1, 0.15) is 22.3 Å². The number of hydrogen-bond donors (Lipinski definition) is 0. The van der Waals surface area contributed by atoms with Gasteiger partial charge in [0.2, 0.25) is 0 Å². The van der Waals surface area contributed by atoms with Crippen LogP contribution in [-0.4, -0.2) is 0 Å². The van der Waals surface area contributed by atoms with Crippen molar-refractivity contribution in [1.29, 1.82) is 0 Å².